The van der Waals surface area contributed by atoms with E-state index in [0.29, 0.717) is 23.8 Å². The normalized spacial score (nSPS) is 10.8. The summed E-state index contributed by atoms with van der Waals surface area (Å²) in [6, 6.07) is 12.8. The highest BCUT2D eigenvalue weighted by molar-refractivity contribution is 7.99. The van der Waals surface area contributed by atoms with Crippen molar-refractivity contribution in [2.45, 2.75) is 32.0 Å². The van der Waals surface area contributed by atoms with Gasteiger partial charge in [-0.25, -0.2) is 4.39 Å². The number of aromatic nitrogens is 3. The molecule has 1 aromatic heterocycles. The maximum absolute atomic E-state index is 14.0. The number of rotatable bonds is 9. The van der Waals surface area contributed by atoms with Crippen LogP contribution in [0.25, 0.3) is 5.69 Å². The van der Waals surface area contributed by atoms with Gasteiger partial charge in [0.1, 0.15) is 6.33 Å². The van der Waals surface area contributed by atoms with E-state index in [9.17, 15) is 9.18 Å². The monoisotopic (exact) mass is 428 g/mol. The Balaban J connectivity index is 1.68. The largest absolute Gasteiger partial charge is 0.494 e. The van der Waals surface area contributed by atoms with Gasteiger partial charge in [0.25, 0.3) is 0 Å². The molecule has 2 aromatic carbocycles. The van der Waals surface area contributed by atoms with Gasteiger partial charge in [-0.1, -0.05) is 43.0 Å². The summed E-state index contributed by atoms with van der Waals surface area (Å²) in [4.78, 5) is 14.5. The van der Waals surface area contributed by atoms with Crippen molar-refractivity contribution in [2.75, 3.05) is 19.4 Å². The second kappa shape index (κ2) is 10.2. The number of methoxy groups -OCH3 is 1. The molecule has 6 nitrogen and oxygen atoms in total. The van der Waals surface area contributed by atoms with Crippen molar-refractivity contribution >= 4 is 17.7 Å². The van der Waals surface area contributed by atoms with Gasteiger partial charge in [0.2, 0.25) is 5.91 Å². The van der Waals surface area contributed by atoms with Gasteiger partial charge in [-0.05, 0) is 42.7 Å². The van der Waals surface area contributed by atoms with E-state index >= 15 is 0 Å². The van der Waals surface area contributed by atoms with E-state index in [-0.39, 0.29) is 17.4 Å². The van der Waals surface area contributed by atoms with E-state index in [0.717, 1.165) is 12.1 Å². The number of para-hydroxylation sites is 1. The zero-order valence-electron chi connectivity index (χ0n) is 17.3. The lowest BCUT2D eigenvalue weighted by atomic mass is 10.1. The molecular formula is C22H25FN4O2S. The Morgan fingerprint density at radius 1 is 1.23 bits per heavy atom. The van der Waals surface area contributed by atoms with Crippen LogP contribution in [0.1, 0.15) is 25.0 Å². The second-order valence-corrected chi connectivity index (χ2v) is 7.57. The Morgan fingerprint density at radius 2 is 2.03 bits per heavy atom. The highest BCUT2D eigenvalue weighted by atomic mass is 32.2. The number of hydrogen-bond donors (Lipinski definition) is 0. The molecule has 0 saturated heterocycles. The molecule has 0 aliphatic heterocycles. The quantitative estimate of drug-likeness (QED) is 0.480. The number of amides is 1. The van der Waals surface area contributed by atoms with Crippen LogP contribution in [0, 0.1) is 5.82 Å². The molecule has 1 heterocycles. The van der Waals surface area contributed by atoms with Crippen molar-refractivity contribution in [1.82, 2.24) is 19.7 Å². The van der Waals surface area contributed by atoms with Crippen LogP contribution in [-0.2, 0) is 17.8 Å². The van der Waals surface area contributed by atoms with E-state index in [1.54, 1.807) is 23.4 Å². The highest BCUT2D eigenvalue weighted by Crippen LogP contribution is 2.23. The van der Waals surface area contributed by atoms with Crippen molar-refractivity contribution in [3.63, 3.8) is 0 Å². The molecule has 0 N–H and O–H groups in total. The molecule has 158 valence electrons. The van der Waals surface area contributed by atoms with E-state index < -0.39 is 5.82 Å². The Hall–Kier alpha value is -2.87. The van der Waals surface area contributed by atoms with Crippen LogP contribution >= 0.6 is 11.8 Å². The number of carbonyl (C=O) groups excluding carboxylic acids is 1. The maximum Gasteiger partial charge on any atom is 0.233 e. The van der Waals surface area contributed by atoms with E-state index in [2.05, 4.69) is 23.2 Å². The summed E-state index contributed by atoms with van der Waals surface area (Å²) in [5.74, 6) is -0.0672. The summed E-state index contributed by atoms with van der Waals surface area (Å²) in [5, 5.41) is 8.87. The molecule has 30 heavy (non-hydrogen) atoms. The van der Waals surface area contributed by atoms with Gasteiger partial charge < -0.3 is 9.64 Å². The van der Waals surface area contributed by atoms with Crippen LogP contribution in [0.5, 0.6) is 5.75 Å². The second-order valence-electron chi connectivity index (χ2n) is 6.63. The molecular weight excluding hydrogens is 403 g/mol. The molecule has 0 aliphatic carbocycles. The van der Waals surface area contributed by atoms with Gasteiger partial charge in [0.05, 0.1) is 18.6 Å². The molecule has 0 atom stereocenters. The molecule has 0 spiro atoms. The molecule has 0 unspecified atom stereocenters. The number of halogens is 1. The van der Waals surface area contributed by atoms with Gasteiger partial charge in [0, 0.05) is 13.1 Å². The topological polar surface area (TPSA) is 60.2 Å². The summed E-state index contributed by atoms with van der Waals surface area (Å²) in [6.45, 7) is 4.86. The predicted octanol–water partition coefficient (Wildman–Crippen LogP) is 4.12. The fourth-order valence-electron chi connectivity index (χ4n) is 3.16. The van der Waals surface area contributed by atoms with Crippen LogP contribution in [0.3, 0.4) is 0 Å². The van der Waals surface area contributed by atoms with E-state index in [1.165, 1.54) is 30.5 Å². The lowest BCUT2D eigenvalue weighted by Gasteiger charge is -2.21. The number of aryl methyl sites for hydroxylation is 1. The summed E-state index contributed by atoms with van der Waals surface area (Å²) in [6.07, 6.45) is 2.55. The number of hydrogen-bond acceptors (Lipinski definition) is 5. The standard InChI is InChI=1S/C22H25FN4O2S/c1-4-17-8-6-7-9-19(17)27-15-24-25-22(27)30-14-21(28)26(5-2)13-16-10-11-20(29-3)18(23)12-16/h6-12,15H,4-5,13-14H2,1-3H3. The van der Waals surface area contributed by atoms with Crippen molar-refractivity contribution < 1.29 is 13.9 Å². The van der Waals surface area contributed by atoms with Crippen molar-refractivity contribution in [2.24, 2.45) is 0 Å². The van der Waals surface area contributed by atoms with E-state index in [1.807, 2.05) is 29.7 Å². The van der Waals surface area contributed by atoms with Crippen molar-refractivity contribution in [3.05, 3.63) is 65.7 Å². The number of thioether (sulfide) groups is 1. The first kappa shape index (κ1) is 21.8. The number of nitrogens with zero attached hydrogens (tertiary/aromatic N) is 4. The minimum atomic E-state index is -0.435. The van der Waals surface area contributed by atoms with Gasteiger partial charge in [-0.2, -0.15) is 0 Å². The summed E-state index contributed by atoms with van der Waals surface area (Å²) in [5.41, 5.74) is 2.91. The van der Waals surface area contributed by atoms with Crippen molar-refractivity contribution in [1.29, 1.82) is 0 Å². The molecule has 0 aliphatic rings. The van der Waals surface area contributed by atoms with Gasteiger partial charge in [0.15, 0.2) is 16.7 Å². The van der Waals surface area contributed by atoms with Crippen LogP contribution in [0.4, 0.5) is 4.39 Å². The number of carbonyl (C=O) groups is 1. The molecule has 3 aromatic rings. The highest BCUT2D eigenvalue weighted by Gasteiger charge is 2.17. The Labute approximate surface area is 180 Å². The zero-order chi connectivity index (χ0) is 21.5. The third-order valence-electron chi connectivity index (χ3n) is 4.80. The minimum absolute atomic E-state index is 0.0444. The molecule has 0 saturated carbocycles. The minimum Gasteiger partial charge on any atom is -0.494 e. The van der Waals surface area contributed by atoms with Crippen LogP contribution in [0.2, 0.25) is 0 Å². The number of benzene rings is 2. The first-order chi connectivity index (χ1) is 14.6. The van der Waals surface area contributed by atoms with Crippen LogP contribution in [0.15, 0.2) is 53.9 Å². The Bertz CT molecular complexity index is 1010. The first-order valence-electron chi connectivity index (χ1n) is 9.78. The van der Waals surface area contributed by atoms with Gasteiger partial charge in [-0.3, -0.25) is 9.36 Å². The SMILES string of the molecule is CCc1ccccc1-n1cnnc1SCC(=O)N(CC)Cc1ccc(OC)c(F)c1. The Morgan fingerprint density at radius 3 is 2.73 bits per heavy atom. The average Bonchev–Trinajstić information content (AvgIpc) is 3.24. The number of ether oxygens (including phenoxy) is 1. The maximum atomic E-state index is 14.0. The first-order valence-corrected chi connectivity index (χ1v) is 10.8. The summed E-state index contributed by atoms with van der Waals surface area (Å²) >= 11 is 1.34. The lowest BCUT2D eigenvalue weighted by Crippen LogP contribution is -2.31. The van der Waals surface area contributed by atoms with E-state index in [4.69, 9.17) is 4.74 Å². The third-order valence-corrected chi connectivity index (χ3v) is 5.73. The molecule has 0 radical (unpaired) electrons. The Kier molecular flexibility index (Phi) is 7.46. The fourth-order valence-corrected chi connectivity index (χ4v) is 3.98. The molecule has 0 fully saturated rings. The van der Waals surface area contributed by atoms with Crippen LogP contribution in [-0.4, -0.2) is 45.0 Å². The molecule has 8 heteroatoms. The van der Waals surface area contributed by atoms with Gasteiger partial charge in [-0.15, -0.1) is 10.2 Å². The average molecular weight is 429 g/mol. The summed E-state index contributed by atoms with van der Waals surface area (Å²) < 4.78 is 20.8. The molecule has 3 rings (SSSR count). The van der Waals surface area contributed by atoms with Crippen LogP contribution < -0.4 is 4.74 Å². The smallest absolute Gasteiger partial charge is 0.233 e. The fraction of sp³-hybridized carbons (Fsp3) is 0.318. The van der Waals surface area contributed by atoms with Gasteiger partial charge >= 0.3 is 0 Å². The third kappa shape index (κ3) is 4.99. The summed E-state index contributed by atoms with van der Waals surface area (Å²) in [7, 11) is 1.43. The molecule has 1 amide bonds. The predicted molar refractivity (Wildman–Crippen MR) is 116 cm³/mol. The van der Waals surface area contributed by atoms with Crippen molar-refractivity contribution in [3.8, 4) is 11.4 Å². The zero-order valence-corrected chi connectivity index (χ0v) is 18.2. The lowest BCUT2D eigenvalue weighted by molar-refractivity contribution is -0.128. The molecule has 0 bridgehead atoms.